The summed E-state index contributed by atoms with van der Waals surface area (Å²) in [5, 5.41) is 0. The summed E-state index contributed by atoms with van der Waals surface area (Å²) in [7, 11) is 0. The van der Waals surface area contributed by atoms with Gasteiger partial charge in [-0.3, -0.25) is 4.79 Å². The number of carbonyl (C=O) groups is 1. The van der Waals surface area contributed by atoms with E-state index in [-0.39, 0.29) is 5.91 Å². The van der Waals surface area contributed by atoms with Crippen LogP contribution in [0.2, 0.25) is 0 Å². The third-order valence-corrected chi connectivity index (χ3v) is 5.40. The number of hydrogen-bond donors (Lipinski definition) is 0. The van der Waals surface area contributed by atoms with E-state index in [1.54, 1.807) is 0 Å². The summed E-state index contributed by atoms with van der Waals surface area (Å²) in [4.78, 5) is 26.1. The van der Waals surface area contributed by atoms with Crippen LogP contribution in [0.1, 0.15) is 32.9 Å². The average molecular weight is 417 g/mol. The second-order valence-electron chi connectivity index (χ2n) is 8.18. The predicted molar refractivity (Wildman–Crippen MR) is 122 cm³/mol. The maximum Gasteiger partial charge on any atom is 0.253 e. The van der Waals surface area contributed by atoms with Crippen molar-refractivity contribution in [1.29, 1.82) is 0 Å². The summed E-state index contributed by atoms with van der Waals surface area (Å²) in [6.45, 7) is 10.7. The molecule has 1 aliphatic heterocycles. The van der Waals surface area contributed by atoms with Crippen molar-refractivity contribution in [2.45, 2.75) is 27.7 Å². The molecule has 0 unspecified atom stereocenters. The van der Waals surface area contributed by atoms with Crippen LogP contribution in [0.5, 0.6) is 11.6 Å². The summed E-state index contributed by atoms with van der Waals surface area (Å²) in [6.07, 6.45) is 0. The molecule has 2 heterocycles. The highest BCUT2D eigenvalue weighted by atomic mass is 16.5. The number of aryl methyl sites for hydroxylation is 4. The first-order valence-electron chi connectivity index (χ1n) is 10.6. The van der Waals surface area contributed by atoms with Crippen molar-refractivity contribution >= 4 is 11.7 Å². The van der Waals surface area contributed by atoms with Gasteiger partial charge in [0.05, 0.1) is 0 Å². The highest BCUT2D eigenvalue weighted by Crippen LogP contribution is 2.24. The fourth-order valence-electron chi connectivity index (χ4n) is 3.89. The van der Waals surface area contributed by atoms with Crippen molar-refractivity contribution in [2.24, 2.45) is 0 Å². The molecule has 0 bridgehead atoms. The van der Waals surface area contributed by atoms with E-state index in [1.165, 1.54) is 5.56 Å². The molecule has 3 aromatic rings. The van der Waals surface area contributed by atoms with Crippen LogP contribution in [-0.2, 0) is 0 Å². The van der Waals surface area contributed by atoms with Crippen molar-refractivity contribution in [3.05, 3.63) is 76.6 Å². The van der Waals surface area contributed by atoms with Crippen molar-refractivity contribution in [3.8, 4) is 11.6 Å². The van der Waals surface area contributed by atoms with Gasteiger partial charge in [-0.05, 0) is 52.0 Å². The van der Waals surface area contributed by atoms with E-state index in [1.807, 2.05) is 75.1 Å². The topological polar surface area (TPSA) is 58.6 Å². The molecule has 4 rings (SSSR count). The highest BCUT2D eigenvalue weighted by molar-refractivity contribution is 5.94. The molecule has 0 atom stereocenters. The number of piperazine rings is 1. The smallest absolute Gasteiger partial charge is 0.253 e. The summed E-state index contributed by atoms with van der Waals surface area (Å²) < 4.78 is 5.94. The maximum atomic E-state index is 12.9. The minimum absolute atomic E-state index is 0.0914. The van der Waals surface area contributed by atoms with Crippen LogP contribution < -0.4 is 9.64 Å². The quantitative estimate of drug-likeness (QED) is 0.628. The van der Waals surface area contributed by atoms with Crippen LogP contribution in [0, 0.1) is 27.7 Å². The lowest BCUT2D eigenvalue weighted by molar-refractivity contribution is 0.0746. The zero-order valence-electron chi connectivity index (χ0n) is 18.6. The third-order valence-electron chi connectivity index (χ3n) is 5.40. The Morgan fingerprint density at radius 3 is 2.10 bits per heavy atom. The van der Waals surface area contributed by atoms with Crippen molar-refractivity contribution in [3.63, 3.8) is 0 Å². The fourth-order valence-corrected chi connectivity index (χ4v) is 3.89. The first-order chi connectivity index (χ1) is 14.9. The van der Waals surface area contributed by atoms with Crippen LogP contribution in [0.25, 0.3) is 0 Å². The zero-order valence-corrected chi connectivity index (χ0v) is 18.6. The van der Waals surface area contributed by atoms with Gasteiger partial charge in [-0.2, -0.15) is 4.98 Å². The van der Waals surface area contributed by atoms with Gasteiger partial charge in [0.25, 0.3) is 5.91 Å². The maximum absolute atomic E-state index is 12.9. The summed E-state index contributed by atoms with van der Waals surface area (Å²) >= 11 is 0. The summed E-state index contributed by atoms with van der Waals surface area (Å²) in [5.41, 5.74) is 4.16. The van der Waals surface area contributed by atoms with E-state index in [0.717, 1.165) is 41.3 Å². The van der Waals surface area contributed by atoms with Gasteiger partial charge < -0.3 is 14.5 Å². The number of hydrogen-bond acceptors (Lipinski definition) is 5. The molecule has 1 saturated heterocycles. The van der Waals surface area contributed by atoms with Crippen LogP contribution in [0.4, 0.5) is 5.82 Å². The molecule has 0 radical (unpaired) electrons. The largest absolute Gasteiger partial charge is 0.439 e. The second kappa shape index (κ2) is 8.76. The molecule has 0 saturated carbocycles. The minimum atomic E-state index is 0.0914. The molecule has 1 fully saturated rings. The Bertz CT molecular complexity index is 1070. The number of nitrogens with zero attached hydrogens (tertiary/aromatic N) is 4. The van der Waals surface area contributed by atoms with Gasteiger partial charge in [0.1, 0.15) is 17.4 Å². The average Bonchev–Trinajstić information content (AvgIpc) is 2.74. The van der Waals surface area contributed by atoms with Gasteiger partial charge in [0.2, 0.25) is 5.88 Å². The zero-order chi connectivity index (χ0) is 22.0. The van der Waals surface area contributed by atoms with E-state index >= 15 is 0 Å². The molecule has 1 amide bonds. The van der Waals surface area contributed by atoms with Crippen molar-refractivity contribution < 1.29 is 9.53 Å². The number of ether oxygens (including phenoxy) is 1. The van der Waals surface area contributed by atoms with Crippen molar-refractivity contribution in [1.82, 2.24) is 14.9 Å². The minimum Gasteiger partial charge on any atom is -0.439 e. The van der Waals surface area contributed by atoms with Gasteiger partial charge in [-0.15, -0.1) is 0 Å². The molecule has 0 aliphatic carbocycles. The van der Waals surface area contributed by atoms with Gasteiger partial charge >= 0.3 is 0 Å². The number of anilines is 1. The van der Waals surface area contributed by atoms with Crippen LogP contribution >= 0.6 is 0 Å². The van der Waals surface area contributed by atoms with Crippen LogP contribution in [-0.4, -0.2) is 47.0 Å². The molecule has 1 aliphatic rings. The predicted octanol–water partition coefficient (Wildman–Crippen LogP) is 4.46. The van der Waals surface area contributed by atoms with E-state index in [2.05, 4.69) is 20.9 Å². The summed E-state index contributed by atoms with van der Waals surface area (Å²) in [6, 6.07) is 15.8. The Morgan fingerprint density at radius 1 is 0.806 bits per heavy atom. The molecule has 1 aromatic heterocycles. The Balaban J connectivity index is 1.44. The van der Waals surface area contributed by atoms with E-state index in [0.29, 0.717) is 24.8 Å². The molecule has 0 spiro atoms. The van der Waals surface area contributed by atoms with Gasteiger partial charge in [0.15, 0.2) is 0 Å². The lowest BCUT2D eigenvalue weighted by Gasteiger charge is -2.35. The Labute approximate surface area is 183 Å². The normalized spacial score (nSPS) is 13.9. The number of benzene rings is 2. The molecule has 2 aromatic carbocycles. The number of aromatic nitrogens is 2. The van der Waals surface area contributed by atoms with Crippen molar-refractivity contribution in [2.75, 3.05) is 31.1 Å². The molecule has 31 heavy (non-hydrogen) atoms. The fraction of sp³-hybridized carbons (Fsp3) is 0.320. The lowest BCUT2D eigenvalue weighted by Crippen LogP contribution is -2.49. The monoisotopic (exact) mass is 416 g/mol. The number of rotatable bonds is 4. The third kappa shape index (κ3) is 5.02. The number of amides is 1. The highest BCUT2D eigenvalue weighted by Gasteiger charge is 2.24. The molecule has 160 valence electrons. The Morgan fingerprint density at radius 2 is 1.45 bits per heavy atom. The van der Waals surface area contributed by atoms with Gasteiger partial charge in [-0.25, -0.2) is 4.98 Å². The second-order valence-corrected chi connectivity index (χ2v) is 8.18. The van der Waals surface area contributed by atoms with Gasteiger partial charge in [0, 0.05) is 37.8 Å². The Hall–Kier alpha value is -3.41. The van der Waals surface area contributed by atoms with E-state index in [9.17, 15) is 4.79 Å². The molecular weight excluding hydrogens is 388 g/mol. The molecule has 6 nitrogen and oxygen atoms in total. The van der Waals surface area contributed by atoms with Crippen LogP contribution in [0.15, 0.2) is 48.5 Å². The standard InChI is InChI=1S/C25H28N4O2/c1-17-5-7-22(8-6-17)31-24-16-23(26-20(4)27-24)28-9-11-29(12-10-28)25(30)21-14-18(2)13-19(3)15-21/h5-8,13-16H,9-12H2,1-4H3. The van der Waals surface area contributed by atoms with Gasteiger partial charge in [-0.1, -0.05) is 34.9 Å². The first-order valence-corrected chi connectivity index (χ1v) is 10.6. The van der Waals surface area contributed by atoms with E-state index < -0.39 is 0 Å². The SMILES string of the molecule is Cc1ccc(Oc2cc(N3CCN(C(=O)c4cc(C)cc(C)c4)CC3)nc(C)n2)cc1. The van der Waals surface area contributed by atoms with Crippen LogP contribution in [0.3, 0.4) is 0 Å². The van der Waals surface area contributed by atoms with E-state index in [4.69, 9.17) is 4.74 Å². The summed E-state index contributed by atoms with van der Waals surface area (Å²) in [5.74, 6) is 2.86. The molecule has 6 heteroatoms. The molecular formula is C25H28N4O2. The number of carbonyl (C=O) groups excluding carboxylic acids is 1. The Kier molecular flexibility index (Phi) is 5.89. The molecule has 0 N–H and O–H groups in total. The lowest BCUT2D eigenvalue weighted by atomic mass is 10.1. The first kappa shape index (κ1) is 20.8.